The van der Waals surface area contributed by atoms with Crippen molar-refractivity contribution in [1.29, 1.82) is 0 Å². The summed E-state index contributed by atoms with van der Waals surface area (Å²) in [7, 11) is -4.29. The Bertz CT molecular complexity index is 2240. The average Bonchev–Trinajstić information content (AvgIpc) is 3.33. The number of aryl methyl sites for hydroxylation is 1. The number of nitrogens with zero attached hydrogens (tertiary/aromatic N) is 2. The van der Waals surface area contributed by atoms with Crippen molar-refractivity contribution in [2.24, 2.45) is 0 Å². The molecule has 0 amide bonds. The van der Waals surface area contributed by atoms with Crippen LogP contribution in [0.15, 0.2) is 103 Å². The van der Waals surface area contributed by atoms with Crippen LogP contribution in [0.25, 0.3) is 16.9 Å². The fourth-order valence-electron chi connectivity index (χ4n) is 8.18. The van der Waals surface area contributed by atoms with Gasteiger partial charge in [0.1, 0.15) is 18.1 Å². The fourth-order valence-corrected chi connectivity index (χ4v) is 8.66. The third-order valence-corrected chi connectivity index (χ3v) is 11.2. The number of fused-ring (bicyclic) bond motifs is 3. The van der Waals surface area contributed by atoms with E-state index in [9.17, 15) is 13.0 Å². The van der Waals surface area contributed by atoms with Gasteiger partial charge in [-0.15, -0.1) is 0 Å². The van der Waals surface area contributed by atoms with Crippen LogP contribution in [-0.2, 0) is 25.1 Å². The second kappa shape index (κ2) is 18.2. The molecule has 1 unspecified atom stereocenters. The van der Waals surface area contributed by atoms with Crippen molar-refractivity contribution in [2.75, 3.05) is 23.7 Å². The Kier molecular flexibility index (Phi) is 14.5. The Morgan fingerprint density at radius 2 is 1.65 bits per heavy atom. The van der Waals surface area contributed by atoms with E-state index < -0.39 is 10.1 Å². The largest absolute Gasteiger partial charge is 1.00 e. The molecular weight excluding hydrogens is 720 g/mol. The summed E-state index contributed by atoms with van der Waals surface area (Å²) >= 11 is 0. The number of hydrogen-bond acceptors (Lipinski definition) is 7. The first-order valence-corrected chi connectivity index (χ1v) is 20.1. The predicted molar refractivity (Wildman–Crippen MR) is 216 cm³/mol. The van der Waals surface area contributed by atoms with Gasteiger partial charge in [0.25, 0.3) is 0 Å². The number of likely N-dealkylation sites (N-methyl/N-ethyl adjacent to an activating group) is 1. The Hall–Kier alpha value is -4.08. The molecule has 3 heterocycles. The fraction of sp³-hybridized carbons (Fsp3) is 0.333. The molecule has 0 spiro atoms. The van der Waals surface area contributed by atoms with Gasteiger partial charge in [0, 0.05) is 64.9 Å². The van der Waals surface area contributed by atoms with E-state index in [0.717, 1.165) is 59.0 Å². The van der Waals surface area contributed by atoms with Crippen LogP contribution in [-0.4, -0.2) is 53.8 Å². The van der Waals surface area contributed by atoms with Gasteiger partial charge in [-0.25, -0.2) is 8.42 Å². The van der Waals surface area contributed by atoms with Crippen LogP contribution in [0.3, 0.4) is 0 Å². The number of rotatable bonds is 11. The van der Waals surface area contributed by atoms with Crippen LogP contribution in [0.2, 0.25) is 0 Å². The van der Waals surface area contributed by atoms with Crippen molar-refractivity contribution in [3.8, 4) is 5.75 Å². The maximum Gasteiger partial charge on any atom is 1.00 e. The monoisotopic (exact) mass is 769 g/mol. The molecule has 55 heavy (non-hydrogen) atoms. The third-order valence-electron chi connectivity index (χ3n) is 10.4. The van der Waals surface area contributed by atoms with Crippen LogP contribution in [0.5, 0.6) is 5.75 Å². The van der Waals surface area contributed by atoms with Gasteiger partial charge < -0.3 is 14.2 Å². The van der Waals surface area contributed by atoms with E-state index in [1.165, 1.54) is 28.0 Å². The molecule has 3 aliphatic heterocycles. The van der Waals surface area contributed by atoms with Gasteiger partial charge in [-0.05, 0) is 77.3 Å². The molecule has 282 valence electrons. The van der Waals surface area contributed by atoms with Crippen LogP contribution < -0.4 is 39.2 Å². The summed E-state index contributed by atoms with van der Waals surface area (Å²) in [6, 6.07) is 21.2. The number of allylic oxidation sites excluding steroid dienone is 8. The standard InChI is InChI=1S/C44H50N2O4S.CO2.Na/c1-8-23-44(7)37-26-31(3)21-22-38(37)45(24-16-25-51(47,48)49)42(44)20-15-11-14-19-34-27-40(33-17-12-10-13-18-33)50-41-29-39-35(28-36(34)41)32(4)30-43(5,6)46(39)9-2;2-1-3;/h10-15,17-22,26-30H,8-9,16,23-25H2,1-7H3;;/q;;+1. The zero-order chi connectivity index (χ0) is 39.3. The molecule has 0 bridgehead atoms. The number of carbonyl (C=O) groups excluding carboxylic acids is 2. The van der Waals surface area contributed by atoms with Gasteiger partial charge in [-0.1, -0.05) is 85.7 Å². The summed E-state index contributed by atoms with van der Waals surface area (Å²) < 4.78 is 43.3. The van der Waals surface area contributed by atoms with Gasteiger partial charge in [-0.2, -0.15) is 14.2 Å². The first kappa shape index (κ1) is 43.6. The van der Waals surface area contributed by atoms with Crippen molar-refractivity contribution in [1.82, 2.24) is 0 Å². The molecule has 0 saturated carbocycles. The molecule has 6 rings (SSSR count). The van der Waals surface area contributed by atoms with Crippen molar-refractivity contribution in [3.05, 3.63) is 131 Å². The van der Waals surface area contributed by atoms with E-state index in [1.807, 2.05) is 18.2 Å². The first-order valence-electron chi connectivity index (χ1n) is 18.5. The SMILES string of the molecule is CCCC1(C)C(C=CC=CC=C2C=C(c3ccccc3)Oc3cc4c(cc32)C(C)=CC(C)(C)N4CC)=[N+](CCCS(=O)(=O)[O-])c2ccc(C)cc21.O=C=O.[Na+]. The second-order valence-corrected chi connectivity index (χ2v) is 16.3. The van der Waals surface area contributed by atoms with Gasteiger partial charge in [-0.3, -0.25) is 0 Å². The zero-order valence-corrected chi connectivity index (χ0v) is 36.1. The number of hydrogen-bond donors (Lipinski definition) is 0. The molecule has 3 aromatic carbocycles. The van der Waals surface area contributed by atoms with Gasteiger partial charge >= 0.3 is 35.7 Å². The number of anilines is 1. The maximum atomic E-state index is 11.5. The van der Waals surface area contributed by atoms with Gasteiger partial charge in [0.15, 0.2) is 5.71 Å². The second-order valence-electron chi connectivity index (χ2n) is 14.8. The maximum absolute atomic E-state index is 11.5. The van der Waals surface area contributed by atoms with E-state index in [-0.39, 0.29) is 58.8 Å². The summed E-state index contributed by atoms with van der Waals surface area (Å²) in [6.07, 6.45) is 17.4. The summed E-state index contributed by atoms with van der Waals surface area (Å²) in [5.74, 6) is 1.27. The smallest absolute Gasteiger partial charge is 0.748 e. The van der Waals surface area contributed by atoms with Crippen LogP contribution in [0, 0.1) is 6.92 Å². The quantitative estimate of drug-likeness (QED) is 0.0997. The van der Waals surface area contributed by atoms with Gasteiger partial charge in [0.05, 0.1) is 21.1 Å². The summed E-state index contributed by atoms with van der Waals surface area (Å²) in [5.41, 5.74) is 11.1. The van der Waals surface area contributed by atoms with E-state index >= 15 is 0 Å². The molecular formula is C45H50N2NaO6S+. The van der Waals surface area contributed by atoms with Crippen LogP contribution in [0.4, 0.5) is 11.4 Å². The molecule has 0 N–H and O–H groups in total. The van der Waals surface area contributed by atoms with Crippen molar-refractivity contribution in [2.45, 2.75) is 78.7 Å². The minimum atomic E-state index is -4.29. The van der Waals surface area contributed by atoms with E-state index in [1.54, 1.807) is 0 Å². The third kappa shape index (κ3) is 9.66. The van der Waals surface area contributed by atoms with Crippen molar-refractivity contribution < 1.29 is 61.4 Å². The van der Waals surface area contributed by atoms with Crippen LogP contribution in [0.1, 0.15) is 88.6 Å². The molecule has 10 heteroatoms. The summed E-state index contributed by atoms with van der Waals surface area (Å²) in [4.78, 5) is 18.7. The molecule has 0 saturated heterocycles. The number of benzene rings is 3. The van der Waals surface area contributed by atoms with Crippen molar-refractivity contribution in [3.63, 3.8) is 0 Å². The minimum Gasteiger partial charge on any atom is -0.748 e. The zero-order valence-electron chi connectivity index (χ0n) is 33.3. The molecule has 0 fully saturated rings. The Balaban J connectivity index is 0.00000163. The topological polar surface area (TPSA) is 107 Å². The molecule has 1 atom stereocenters. The summed E-state index contributed by atoms with van der Waals surface area (Å²) in [6.45, 7) is 16.8. The van der Waals surface area contributed by atoms with E-state index in [2.05, 4.69) is 143 Å². The molecule has 0 radical (unpaired) electrons. The Morgan fingerprint density at radius 3 is 2.31 bits per heavy atom. The van der Waals surface area contributed by atoms with E-state index in [4.69, 9.17) is 14.3 Å². The predicted octanol–water partition coefficient (Wildman–Crippen LogP) is 6.16. The van der Waals surface area contributed by atoms with E-state index in [0.29, 0.717) is 6.54 Å². The average molecular weight is 770 g/mol. The molecule has 3 aromatic rings. The first-order chi connectivity index (χ1) is 25.7. The molecule has 0 aliphatic carbocycles. The molecule has 8 nitrogen and oxygen atoms in total. The normalized spacial score (nSPS) is 19.1. The Morgan fingerprint density at radius 1 is 0.945 bits per heavy atom. The van der Waals surface area contributed by atoms with Crippen molar-refractivity contribution >= 4 is 50.3 Å². The van der Waals surface area contributed by atoms with Crippen LogP contribution >= 0.6 is 0 Å². The van der Waals surface area contributed by atoms with Gasteiger partial charge in [0.2, 0.25) is 5.69 Å². The molecule has 0 aromatic heterocycles. The summed E-state index contributed by atoms with van der Waals surface area (Å²) in [5, 5.41) is 0. The minimum absolute atomic E-state index is 0. The number of ether oxygens (including phenoxy) is 1. The Labute approximate surface area is 348 Å². The molecule has 3 aliphatic rings.